The highest BCUT2D eigenvalue weighted by molar-refractivity contribution is 9.10. The van der Waals surface area contributed by atoms with E-state index >= 15 is 0 Å². The molecule has 4 heteroatoms. The lowest BCUT2D eigenvalue weighted by molar-refractivity contribution is 0.388. The Morgan fingerprint density at radius 2 is 2.29 bits per heavy atom. The zero-order valence-corrected chi connectivity index (χ0v) is 12.9. The third-order valence-corrected chi connectivity index (χ3v) is 5.50. The van der Waals surface area contributed by atoms with E-state index < -0.39 is 0 Å². The van der Waals surface area contributed by atoms with Crippen molar-refractivity contribution in [1.82, 2.24) is 0 Å². The highest BCUT2D eigenvalue weighted by Gasteiger charge is 2.26. The number of thioether (sulfide) groups is 1. The van der Waals surface area contributed by atoms with Crippen LogP contribution in [-0.4, -0.2) is 19.4 Å². The molecule has 1 unspecified atom stereocenters. The van der Waals surface area contributed by atoms with Gasteiger partial charge < -0.3 is 10.1 Å². The molecule has 1 heterocycles. The second kappa shape index (κ2) is 5.11. The van der Waals surface area contributed by atoms with Gasteiger partial charge in [-0.15, -0.1) is 11.8 Å². The maximum Gasteiger partial charge on any atom is 0.134 e. The molecule has 2 rings (SSSR count). The highest BCUT2D eigenvalue weighted by atomic mass is 79.9. The number of fused-ring (bicyclic) bond motifs is 1. The van der Waals surface area contributed by atoms with E-state index in [4.69, 9.17) is 4.74 Å². The van der Waals surface area contributed by atoms with Crippen LogP contribution in [0.4, 0.5) is 5.69 Å². The Balaban J connectivity index is 2.31. The van der Waals surface area contributed by atoms with Crippen LogP contribution in [0.5, 0.6) is 5.75 Å². The molecule has 1 aliphatic rings. The van der Waals surface area contributed by atoms with Crippen molar-refractivity contribution in [2.24, 2.45) is 5.41 Å². The van der Waals surface area contributed by atoms with Crippen LogP contribution in [0.1, 0.15) is 20.3 Å². The Bertz CT molecular complexity index is 424. The van der Waals surface area contributed by atoms with Crippen molar-refractivity contribution in [2.45, 2.75) is 25.2 Å². The number of anilines is 1. The summed E-state index contributed by atoms with van der Waals surface area (Å²) in [6.45, 7) is 5.63. The van der Waals surface area contributed by atoms with Gasteiger partial charge >= 0.3 is 0 Å². The molecule has 0 fully saturated rings. The summed E-state index contributed by atoms with van der Waals surface area (Å²) in [7, 11) is 1.71. The van der Waals surface area contributed by atoms with Gasteiger partial charge in [0.1, 0.15) is 5.75 Å². The largest absolute Gasteiger partial charge is 0.496 e. The van der Waals surface area contributed by atoms with Crippen molar-refractivity contribution < 1.29 is 4.74 Å². The van der Waals surface area contributed by atoms with Gasteiger partial charge in [0.05, 0.1) is 11.6 Å². The molecule has 1 aromatic rings. The van der Waals surface area contributed by atoms with Gasteiger partial charge in [-0.2, -0.15) is 0 Å². The standard InChI is InChI=1S/C13H18BrNOS/c1-4-13(2)7-15-10-5-9(14)11(16-3)6-12(10)17-8-13/h5-6,15H,4,7-8H2,1-3H3. The zero-order valence-electron chi connectivity index (χ0n) is 10.5. The zero-order chi connectivity index (χ0) is 12.5. The van der Waals surface area contributed by atoms with E-state index in [0.29, 0.717) is 5.41 Å². The molecule has 1 aliphatic heterocycles. The van der Waals surface area contributed by atoms with Crippen LogP contribution >= 0.6 is 27.7 Å². The van der Waals surface area contributed by atoms with Gasteiger partial charge in [-0.3, -0.25) is 0 Å². The molecular weight excluding hydrogens is 298 g/mol. The van der Waals surface area contributed by atoms with Crippen LogP contribution in [0.15, 0.2) is 21.5 Å². The normalized spacial score (nSPS) is 23.5. The maximum atomic E-state index is 5.34. The predicted molar refractivity (Wildman–Crippen MR) is 78.3 cm³/mol. The third-order valence-electron chi connectivity index (χ3n) is 3.39. The van der Waals surface area contributed by atoms with Crippen molar-refractivity contribution in [3.8, 4) is 5.75 Å². The Labute approximate surface area is 116 Å². The monoisotopic (exact) mass is 315 g/mol. The average Bonchev–Trinajstić information content (AvgIpc) is 2.49. The Hall–Kier alpha value is -0.350. The van der Waals surface area contributed by atoms with Gasteiger partial charge in [0, 0.05) is 22.9 Å². The summed E-state index contributed by atoms with van der Waals surface area (Å²) in [6.07, 6.45) is 1.19. The van der Waals surface area contributed by atoms with Crippen LogP contribution in [0.25, 0.3) is 0 Å². The second-order valence-electron chi connectivity index (χ2n) is 4.79. The van der Waals surface area contributed by atoms with Gasteiger partial charge in [0.2, 0.25) is 0 Å². The van der Waals surface area contributed by atoms with Crippen molar-refractivity contribution in [2.75, 3.05) is 24.7 Å². The first-order valence-corrected chi connectivity index (χ1v) is 7.60. The molecule has 0 bridgehead atoms. The highest BCUT2D eigenvalue weighted by Crippen LogP contribution is 2.42. The van der Waals surface area contributed by atoms with E-state index in [1.165, 1.54) is 17.0 Å². The maximum absolute atomic E-state index is 5.34. The minimum Gasteiger partial charge on any atom is -0.496 e. The molecule has 17 heavy (non-hydrogen) atoms. The van der Waals surface area contributed by atoms with Crippen molar-refractivity contribution in [3.05, 3.63) is 16.6 Å². The van der Waals surface area contributed by atoms with E-state index in [1.54, 1.807) is 7.11 Å². The first-order valence-electron chi connectivity index (χ1n) is 5.82. The molecule has 0 spiro atoms. The smallest absolute Gasteiger partial charge is 0.134 e. The summed E-state index contributed by atoms with van der Waals surface area (Å²) in [4.78, 5) is 1.28. The molecule has 94 valence electrons. The number of nitrogens with one attached hydrogen (secondary N) is 1. The predicted octanol–water partition coefficient (Wildman–Crippen LogP) is 4.39. The van der Waals surface area contributed by atoms with Gasteiger partial charge in [-0.1, -0.05) is 13.8 Å². The lowest BCUT2D eigenvalue weighted by Gasteiger charge is -2.25. The lowest BCUT2D eigenvalue weighted by Crippen LogP contribution is -2.26. The topological polar surface area (TPSA) is 21.3 Å². The van der Waals surface area contributed by atoms with Gasteiger partial charge in [0.15, 0.2) is 0 Å². The van der Waals surface area contributed by atoms with Crippen molar-refractivity contribution >= 4 is 33.4 Å². The molecule has 2 nitrogen and oxygen atoms in total. The molecule has 1 aromatic carbocycles. The number of hydrogen-bond acceptors (Lipinski definition) is 3. The molecule has 0 aromatic heterocycles. The summed E-state index contributed by atoms with van der Waals surface area (Å²) in [6, 6.07) is 4.22. The van der Waals surface area contributed by atoms with Gasteiger partial charge in [-0.05, 0) is 39.9 Å². The molecular formula is C13H18BrNOS. The number of benzene rings is 1. The minimum absolute atomic E-state index is 0.364. The van der Waals surface area contributed by atoms with E-state index in [0.717, 1.165) is 22.5 Å². The number of halogens is 1. The second-order valence-corrected chi connectivity index (χ2v) is 6.66. The summed E-state index contributed by atoms with van der Waals surface area (Å²) in [5.74, 6) is 2.05. The summed E-state index contributed by atoms with van der Waals surface area (Å²) in [5.41, 5.74) is 1.57. The number of methoxy groups -OCH3 is 1. The number of hydrogen-bond donors (Lipinski definition) is 1. The first kappa shape index (κ1) is 13.1. The number of ether oxygens (including phenoxy) is 1. The van der Waals surface area contributed by atoms with E-state index in [2.05, 4.69) is 47.2 Å². The van der Waals surface area contributed by atoms with E-state index in [1.807, 2.05) is 11.8 Å². The third kappa shape index (κ3) is 2.74. The van der Waals surface area contributed by atoms with Crippen molar-refractivity contribution in [3.63, 3.8) is 0 Å². The molecule has 0 amide bonds. The van der Waals surface area contributed by atoms with Crippen molar-refractivity contribution in [1.29, 1.82) is 0 Å². The Kier molecular flexibility index (Phi) is 3.93. The fourth-order valence-corrected chi connectivity index (χ4v) is 3.58. The number of rotatable bonds is 2. The molecule has 0 radical (unpaired) electrons. The average molecular weight is 316 g/mol. The molecule has 0 saturated carbocycles. The first-order chi connectivity index (χ1) is 8.08. The molecule has 1 N–H and O–H groups in total. The van der Waals surface area contributed by atoms with Gasteiger partial charge in [0.25, 0.3) is 0 Å². The van der Waals surface area contributed by atoms with E-state index in [-0.39, 0.29) is 0 Å². The SMILES string of the molecule is CCC1(C)CNc2cc(Br)c(OC)cc2SC1. The summed E-state index contributed by atoms with van der Waals surface area (Å²) < 4.78 is 6.35. The van der Waals surface area contributed by atoms with Crippen LogP contribution in [0, 0.1) is 5.41 Å². The summed E-state index contributed by atoms with van der Waals surface area (Å²) in [5, 5.41) is 3.55. The fraction of sp³-hybridized carbons (Fsp3) is 0.538. The van der Waals surface area contributed by atoms with Crippen LogP contribution in [0.3, 0.4) is 0 Å². The van der Waals surface area contributed by atoms with Crippen LogP contribution in [-0.2, 0) is 0 Å². The summed E-state index contributed by atoms with van der Waals surface area (Å²) >= 11 is 5.45. The minimum atomic E-state index is 0.364. The lowest BCUT2D eigenvalue weighted by atomic mass is 9.90. The Morgan fingerprint density at radius 1 is 1.53 bits per heavy atom. The molecule has 1 atom stereocenters. The molecule has 0 saturated heterocycles. The quantitative estimate of drug-likeness (QED) is 0.874. The molecule has 0 aliphatic carbocycles. The van der Waals surface area contributed by atoms with Gasteiger partial charge in [-0.25, -0.2) is 0 Å². The fourth-order valence-electron chi connectivity index (χ4n) is 1.79. The van der Waals surface area contributed by atoms with Crippen LogP contribution < -0.4 is 10.1 Å². The van der Waals surface area contributed by atoms with E-state index in [9.17, 15) is 0 Å². The Morgan fingerprint density at radius 3 is 2.94 bits per heavy atom. The van der Waals surface area contributed by atoms with Crippen LogP contribution in [0.2, 0.25) is 0 Å².